The van der Waals surface area contributed by atoms with Crippen molar-refractivity contribution >= 4 is 5.97 Å². The van der Waals surface area contributed by atoms with Crippen LogP contribution in [0.25, 0.3) is 0 Å². The third-order valence-electron chi connectivity index (χ3n) is 3.45. The van der Waals surface area contributed by atoms with Gasteiger partial charge in [0.1, 0.15) is 0 Å². The molecule has 1 aliphatic rings. The van der Waals surface area contributed by atoms with Crippen LogP contribution < -0.4 is 0 Å². The van der Waals surface area contributed by atoms with E-state index < -0.39 is 5.97 Å². The van der Waals surface area contributed by atoms with Gasteiger partial charge in [0.15, 0.2) is 0 Å². The number of hydrogen-bond donors (Lipinski definition) is 1. The first-order chi connectivity index (χ1) is 5.77. The monoisotopic (exact) mass is 184 g/mol. The topological polar surface area (TPSA) is 37.3 Å². The van der Waals surface area contributed by atoms with E-state index in [4.69, 9.17) is 0 Å². The van der Waals surface area contributed by atoms with Crippen molar-refractivity contribution in [3.05, 3.63) is 0 Å². The molecule has 0 heterocycles. The number of carbonyl (C=O) groups is 1. The van der Waals surface area contributed by atoms with Crippen LogP contribution in [-0.2, 0) is 4.79 Å². The molecule has 13 heavy (non-hydrogen) atoms. The highest BCUT2D eigenvalue weighted by Gasteiger charge is 2.47. The Balaban J connectivity index is 2.98. The van der Waals surface area contributed by atoms with E-state index in [1.807, 2.05) is 0 Å². The zero-order valence-corrected chi connectivity index (χ0v) is 9.05. The number of aliphatic carboxylic acids is 1. The van der Waals surface area contributed by atoms with Crippen LogP contribution >= 0.6 is 0 Å². The van der Waals surface area contributed by atoms with Crippen LogP contribution in [0.15, 0.2) is 0 Å². The molecule has 0 aromatic rings. The van der Waals surface area contributed by atoms with Gasteiger partial charge < -0.3 is 5.11 Å². The number of carboxylic acids is 1. The van der Waals surface area contributed by atoms with Gasteiger partial charge >= 0.3 is 5.97 Å². The SMILES string of the molecule is CC1(C)CCCC(C)(C)C1C(=O)O. The number of carboxylic acid groups (broad SMARTS) is 1. The first-order valence-electron chi connectivity index (χ1n) is 5.00. The minimum atomic E-state index is -0.630. The lowest BCUT2D eigenvalue weighted by molar-refractivity contribution is -0.155. The van der Waals surface area contributed by atoms with E-state index in [9.17, 15) is 9.90 Å². The summed E-state index contributed by atoms with van der Waals surface area (Å²) in [6, 6.07) is 0. The van der Waals surface area contributed by atoms with E-state index in [2.05, 4.69) is 27.7 Å². The Bertz CT molecular complexity index is 200. The molecule has 1 aliphatic carbocycles. The Hall–Kier alpha value is -0.530. The fraction of sp³-hybridized carbons (Fsp3) is 0.909. The summed E-state index contributed by atoms with van der Waals surface area (Å²) in [4.78, 5) is 11.2. The summed E-state index contributed by atoms with van der Waals surface area (Å²) in [5.74, 6) is -0.830. The van der Waals surface area contributed by atoms with Crippen molar-refractivity contribution in [1.82, 2.24) is 0 Å². The Morgan fingerprint density at radius 1 is 1.15 bits per heavy atom. The maximum Gasteiger partial charge on any atom is 0.307 e. The first-order valence-corrected chi connectivity index (χ1v) is 5.00. The molecule has 1 saturated carbocycles. The summed E-state index contributed by atoms with van der Waals surface area (Å²) >= 11 is 0. The molecular formula is C11H20O2. The van der Waals surface area contributed by atoms with Gasteiger partial charge in [0.25, 0.3) is 0 Å². The van der Waals surface area contributed by atoms with Gasteiger partial charge in [-0.3, -0.25) is 4.79 Å². The van der Waals surface area contributed by atoms with Crippen molar-refractivity contribution < 1.29 is 9.90 Å². The molecule has 0 aromatic heterocycles. The van der Waals surface area contributed by atoms with Crippen molar-refractivity contribution in [2.45, 2.75) is 47.0 Å². The van der Waals surface area contributed by atoms with E-state index in [0.29, 0.717) is 0 Å². The maximum absolute atomic E-state index is 11.2. The molecule has 0 amide bonds. The summed E-state index contributed by atoms with van der Waals surface area (Å²) in [5.41, 5.74) is -0.0961. The number of hydrogen-bond acceptors (Lipinski definition) is 1. The van der Waals surface area contributed by atoms with Crippen LogP contribution in [-0.4, -0.2) is 11.1 Å². The Morgan fingerprint density at radius 3 is 1.77 bits per heavy atom. The fourth-order valence-electron chi connectivity index (χ4n) is 3.01. The van der Waals surface area contributed by atoms with E-state index in [-0.39, 0.29) is 16.7 Å². The van der Waals surface area contributed by atoms with E-state index in [0.717, 1.165) is 19.3 Å². The van der Waals surface area contributed by atoms with Crippen molar-refractivity contribution in [1.29, 1.82) is 0 Å². The molecule has 1 fully saturated rings. The molecule has 0 aliphatic heterocycles. The second-order valence-corrected chi connectivity index (χ2v) is 5.60. The smallest absolute Gasteiger partial charge is 0.307 e. The third-order valence-corrected chi connectivity index (χ3v) is 3.45. The average Bonchev–Trinajstić information content (AvgIpc) is 1.79. The molecule has 0 bridgehead atoms. The highest BCUT2D eigenvalue weighted by atomic mass is 16.4. The van der Waals surface area contributed by atoms with Gasteiger partial charge in [0.05, 0.1) is 5.92 Å². The van der Waals surface area contributed by atoms with Crippen LogP contribution in [0.3, 0.4) is 0 Å². The molecule has 0 saturated heterocycles. The van der Waals surface area contributed by atoms with Gasteiger partial charge in [0.2, 0.25) is 0 Å². The van der Waals surface area contributed by atoms with Crippen molar-refractivity contribution in [3.8, 4) is 0 Å². The molecule has 0 spiro atoms. The highest BCUT2D eigenvalue weighted by molar-refractivity contribution is 5.72. The maximum atomic E-state index is 11.2. The third kappa shape index (κ3) is 1.87. The molecule has 0 unspecified atom stereocenters. The fourth-order valence-corrected chi connectivity index (χ4v) is 3.01. The summed E-state index contributed by atoms with van der Waals surface area (Å²) in [5, 5.41) is 9.21. The molecular weight excluding hydrogens is 164 g/mol. The highest BCUT2D eigenvalue weighted by Crippen LogP contribution is 2.50. The van der Waals surface area contributed by atoms with Crippen molar-refractivity contribution in [2.24, 2.45) is 16.7 Å². The Morgan fingerprint density at radius 2 is 1.54 bits per heavy atom. The Kier molecular flexibility index (Phi) is 2.44. The molecule has 0 radical (unpaired) electrons. The lowest BCUT2D eigenvalue weighted by Gasteiger charge is -2.46. The first kappa shape index (κ1) is 10.6. The summed E-state index contributed by atoms with van der Waals surface area (Å²) < 4.78 is 0. The zero-order valence-electron chi connectivity index (χ0n) is 9.05. The molecule has 0 atom stereocenters. The normalized spacial score (nSPS) is 27.1. The van der Waals surface area contributed by atoms with E-state index in [1.165, 1.54) is 0 Å². The standard InChI is InChI=1S/C11H20O2/c1-10(2)6-5-7-11(3,4)8(10)9(12)13/h8H,5-7H2,1-4H3,(H,12,13). The molecule has 2 heteroatoms. The van der Waals surface area contributed by atoms with Gasteiger partial charge in [-0.25, -0.2) is 0 Å². The minimum Gasteiger partial charge on any atom is -0.481 e. The summed E-state index contributed by atoms with van der Waals surface area (Å²) in [7, 11) is 0. The average molecular weight is 184 g/mol. The minimum absolute atomic E-state index is 0.0480. The second-order valence-electron chi connectivity index (χ2n) is 5.60. The van der Waals surface area contributed by atoms with Gasteiger partial charge in [-0.2, -0.15) is 0 Å². The summed E-state index contributed by atoms with van der Waals surface area (Å²) in [6.45, 7) is 8.30. The van der Waals surface area contributed by atoms with Crippen LogP contribution in [0.1, 0.15) is 47.0 Å². The van der Waals surface area contributed by atoms with Crippen LogP contribution in [0.2, 0.25) is 0 Å². The molecule has 0 aromatic carbocycles. The van der Waals surface area contributed by atoms with Crippen LogP contribution in [0, 0.1) is 16.7 Å². The van der Waals surface area contributed by atoms with Gasteiger partial charge in [-0.1, -0.05) is 34.1 Å². The molecule has 76 valence electrons. The van der Waals surface area contributed by atoms with Gasteiger partial charge in [-0.15, -0.1) is 0 Å². The van der Waals surface area contributed by atoms with Gasteiger partial charge in [0, 0.05) is 0 Å². The number of rotatable bonds is 1. The lowest BCUT2D eigenvalue weighted by atomic mass is 9.57. The van der Waals surface area contributed by atoms with E-state index >= 15 is 0 Å². The molecule has 1 rings (SSSR count). The quantitative estimate of drug-likeness (QED) is 0.680. The second kappa shape index (κ2) is 3.00. The van der Waals surface area contributed by atoms with Gasteiger partial charge in [-0.05, 0) is 23.7 Å². The lowest BCUT2D eigenvalue weighted by Crippen LogP contribution is -2.45. The Labute approximate surface area is 80.3 Å². The predicted octanol–water partition coefficient (Wildman–Crippen LogP) is 2.92. The predicted molar refractivity (Wildman–Crippen MR) is 52.5 cm³/mol. The van der Waals surface area contributed by atoms with Crippen LogP contribution in [0.4, 0.5) is 0 Å². The largest absolute Gasteiger partial charge is 0.481 e. The molecule has 1 N–H and O–H groups in total. The van der Waals surface area contributed by atoms with Crippen molar-refractivity contribution in [3.63, 3.8) is 0 Å². The zero-order chi connectivity index (χ0) is 10.3. The van der Waals surface area contributed by atoms with Crippen molar-refractivity contribution in [2.75, 3.05) is 0 Å². The molecule has 2 nitrogen and oxygen atoms in total. The van der Waals surface area contributed by atoms with E-state index in [1.54, 1.807) is 0 Å². The van der Waals surface area contributed by atoms with Crippen LogP contribution in [0.5, 0.6) is 0 Å². The summed E-state index contributed by atoms with van der Waals surface area (Å²) in [6.07, 6.45) is 3.23.